The molecular formula is C15H14N2O5. The van der Waals surface area contributed by atoms with Gasteiger partial charge in [-0.25, -0.2) is 9.79 Å². The number of nitrogens with zero attached hydrogens (tertiary/aromatic N) is 2. The van der Waals surface area contributed by atoms with Gasteiger partial charge in [0.25, 0.3) is 0 Å². The standard InChI is InChI=1S/C15H14N2O5/c1-2-22-14(19)12-5-3-11(4-6-12)9-13-7-8-16-15(13,10-18)17(20)21/h3-8,10H,2,9H2,1H3. The van der Waals surface area contributed by atoms with Gasteiger partial charge in [0, 0.05) is 18.2 Å². The molecule has 0 aromatic heterocycles. The molecule has 1 unspecified atom stereocenters. The van der Waals surface area contributed by atoms with Crippen LogP contribution >= 0.6 is 0 Å². The molecule has 114 valence electrons. The molecule has 7 heteroatoms. The van der Waals surface area contributed by atoms with Gasteiger partial charge < -0.3 is 4.74 Å². The van der Waals surface area contributed by atoms with E-state index in [2.05, 4.69) is 4.99 Å². The molecule has 2 rings (SSSR count). The SMILES string of the molecule is CCOC(=O)c1ccc(CC2=CC=NC2(C=O)[N+](=O)[O-])cc1. The van der Waals surface area contributed by atoms with Gasteiger partial charge in [-0.05, 0) is 30.7 Å². The molecular weight excluding hydrogens is 288 g/mol. The van der Waals surface area contributed by atoms with E-state index in [-0.39, 0.29) is 24.9 Å². The van der Waals surface area contributed by atoms with Crippen LogP contribution in [-0.4, -0.2) is 35.7 Å². The molecule has 0 fully saturated rings. The van der Waals surface area contributed by atoms with Gasteiger partial charge >= 0.3 is 11.6 Å². The second-order valence-corrected chi connectivity index (χ2v) is 4.67. The highest BCUT2D eigenvalue weighted by molar-refractivity contribution is 5.89. The molecule has 1 aliphatic heterocycles. The molecule has 1 aliphatic rings. The smallest absolute Gasteiger partial charge is 0.391 e. The van der Waals surface area contributed by atoms with Gasteiger partial charge in [-0.1, -0.05) is 12.1 Å². The molecule has 0 radical (unpaired) electrons. The van der Waals surface area contributed by atoms with E-state index in [0.29, 0.717) is 5.56 Å². The molecule has 0 aliphatic carbocycles. The van der Waals surface area contributed by atoms with Gasteiger partial charge in [-0.2, -0.15) is 0 Å². The molecule has 1 aromatic carbocycles. The summed E-state index contributed by atoms with van der Waals surface area (Å²) in [4.78, 5) is 36.8. The number of aldehydes is 1. The number of hydrogen-bond donors (Lipinski definition) is 0. The molecule has 0 N–H and O–H groups in total. The van der Waals surface area contributed by atoms with Crippen molar-refractivity contribution in [1.29, 1.82) is 0 Å². The highest BCUT2D eigenvalue weighted by atomic mass is 16.6. The Morgan fingerprint density at radius 3 is 2.64 bits per heavy atom. The minimum atomic E-state index is -2.03. The number of carbonyl (C=O) groups is 2. The molecule has 1 heterocycles. The monoisotopic (exact) mass is 302 g/mol. The number of esters is 1. The van der Waals surface area contributed by atoms with Crippen molar-refractivity contribution < 1.29 is 19.2 Å². The van der Waals surface area contributed by atoms with Crippen LogP contribution in [-0.2, 0) is 16.0 Å². The fourth-order valence-corrected chi connectivity index (χ4v) is 2.14. The van der Waals surface area contributed by atoms with E-state index in [1.54, 1.807) is 31.2 Å². The van der Waals surface area contributed by atoms with Crippen molar-refractivity contribution in [2.24, 2.45) is 4.99 Å². The van der Waals surface area contributed by atoms with Gasteiger partial charge in [0.15, 0.2) is 0 Å². The Bertz CT molecular complexity index is 663. The number of allylic oxidation sites excluding steroid dienone is 1. The van der Waals surface area contributed by atoms with Crippen LogP contribution in [0.3, 0.4) is 0 Å². The van der Waals surface area contributed by atoms with Gasteiger partial charge in [0.05, 0.1) is 17.1 Å². The number of aliphatic imine (C=N–C) groups is 1. The fraction of sp³-hybridized carbons (Fsp3) is 0.267. The number of carbonyl (C=O) groups excluding carboxylic acids is 2. The second kappa shape index (κ2) is 6.30. The van der Waals surface area contributed by atoms with Crippen LogP contribution in [0.4, 0.5) is 0 Å². The summed E-state index contributed by atoms with van der Waals surface area (Å²) in [6, 6.07) is 6.50. The van der Waals surface area contributed by atoms with E-state index < -0.39 is 16.6 Å². The largest absolute Gasteiger partial charge is 0.462 e. The lowest BCUT2D eigenvalue weighted by Crippen LogP contribution is -2.39. The number of hydrogen-bond acceptors (Lipinski definition) is 6. The summed E-state index contributed by atoms with van der Waals surface area (Å²) in [6.07, 6.45) is 3.16. The Kier molecular flexibility index (Phi) is 4.45. The lowest BCUT2D eigenvalue weighted by molar-refractivity contribution is -0.536. The van der Waals surface area contributed by atoms with Crippen LogP contribution in [0.5, 0.6) is 0 Å². The molecule has 0 saturated heterocycles. The first-order valence-corrected chi connectivity index (χ1v) is 6.65. The van der Waals surface area contributed by atoms with Crippen molar-refractivity contribution in [3.63, 3.8) is 0 Å². The van der Waals surface area contributed by atoms with E-state index in [4.69, 9.17) is 4.74 Å². The van der Waals surface area contributed by atoms with Crippen LogP contribution in [0.2, 0.25) is 0 Å². The maximum Gasteiger partial charge on any atom is 0.391 e. The lowest BCUT2D eigenvalue weighted by atomic mass is 9.95. The van der Waals surface area contributed by atoms with Crippen molar-refractivity contribution in [1.82, 2.24) is 0 Å². The quantitative estimate of drug-likeness (QED) is 0.344. The third-order valence-electron chi connectivity index (χ3n) is 3.32. The highest BCUT2D eigenvalue weighted by Crippen LogP contribution is 2.27. The van der Waals surface area contributed by atoms with E-state index >= 15 is 0 Å². The third-order valence-corrected chi connectivity index (χ3v) is 3.32. The summed E-state index contributed by atoms with van der Waals surface area (Å²) in [5.74, 6) is -0.426. The summed E-state index contributed by atoms with van der Waals surface area (Å²) < 4.78 is 4.88. The van der Waals surface area contributed by atoms with Crippen LogP contribution in [0, 0.1) is 10.1 Å². The third kappa shape index (κ3) is 2.78. The lowest BCUT2D eigenvalue weighted by Gasteiger charge is -2.14. The number of nitro groups is 1. The van der Waals surface area contributed by atoms with Gasteiger partial charge in [-0.15, -0.1) is 0 Å². The van der Waals surface area contributed by atoms with Crippen molar-refractivity contribution in [3.8, 4) is 0 Å². The predicted molar refractivity (Wildman–Crippen MR) is 78.5 cm³/mol. The molecule has 0 bridgehead atoms. The number of rotatable bonds is 6. The van der Waals surface area contributed by atoms with E-state index in [1.165, 1.54) is 12.3 Å². The summed E-state index contributed by atoms with van der Waals surface area (Å²) in [6.45, 7) is 2.00. The number of ether oxygens (including phenoxy) is 1. The van der Waals surface area contributed by atoms with Crippen molar-refractivity contribution in [2.75, 3.05) is 6.61 Å². The molecule has 0 saturated carbocycles. The average molecular weight is 302 g/mol. The molecule has 1 aromatic rings. The van der Waals surface area contributed by atoms with Crippen molar-refractivity contribution in [2.45, 2.75) is 19.0 Å². The maximum atomic E-state index is 11.6. The molecule has 0 spiro atoms. The van der Waals surface area contributed by atoms with E-state index in [0.717, 1.165) is 5.56 Å². The topological polar surface area (TPSA) is 98.9 Å². The normalized spacial score (nSPS) is 19.6. The van der Waals surface area contributed by atoms with E-state index in [1.807, 2.05) is 0 Å². The minimum Gasteiger partial charge on any atom is -0.462 e. The average Bonchev–Trinajstić information content (AvgIpc) is 2.92. The van der Waals surface area contributed by atoms with Crippen molar-refractivity contribution >= 4 is 18.5 Å². The molecule has 1 atom stereocenters. The Labute approximate surface area is 126 Å². The van der Waals surface area contributed by atoms with Crippen molar-refractivity contribution in [3.05, 3.63) is 57.2 Å². The Morgan fingerprint density at radius 1 is 1.41 bits per heavy atom. The Morgan fingerprint density at radius 2 is 2.09 bits per heavy atom. The first kappa shape index (κ1) is 15.6. The number of benzene rings is 1. The summed E-state index contributed by atoms with van der Waals surface area (Å²) in [7, 11) is 0. The zero-order valence-electron chi connectivity index (χ0n) is 11.9. The second-order valence-electron chi connectivity index (χ2n) is 4.67. The van der Waals surface area contributed by atoms with E-state index in [9.17, 15) is 19.7 Å². The fourth-order valence-electron chi connectivity index (χ4n) is 2.14. The van der Waals surface area contributed by atoms with Crippen LogP contribution in [0.25, 0.3) is 0 Å². The summed E-state index contributed by atoms with van der Waals surface area (Å²) in [5, 5.41) is 11.1. The molecule has 22 heavy (non-hydrogen) atoms. The van der Waals surface area contributed by atoms with Gasteiger partial charge in [-0.3, -0.25) is 14.9 Å². The maximum absolute atomic E-state index is 11.6. The summed E-state index contributed by atoms with van der Waals surface area (Å²) >= 11 is 0. The minimum absolute atomic E-state index is 0.197. The van der Waals surface area contributed by atoms with Crippen LogP contribution in [0.1, 0.15) is 22.8 Å². The Balaban J connectivity index is 2.16. The van der Waals surface area contributed by atoms with Crippen LogP contribution < -0.4 is 0 Å². The zero-order valence-corrected chi connectivity index (χ0v) is 11.9. The highest BCUT2D eigenvalue weighted by Gasteiger charge is 2.48. The first-order valence-electron chi connectivity index (χ1n) is 6.65. The zero-order chi connectivity index (χ0) is 16.2. The molecule has 0 amide bonds. The molecule has 7 nitrogen and oxygen atoms in total. The predicted octanol–water partition coefficient (Wildman–Crippen LogP) is 1.59. The van der Waals surface area contributed by atoms with Gasteiger partial charge in [0.2, 0.25) is 6.29 Å². The van der Waals surface area contributed by atoms with Gasteiger partial charge in [0.1, 0.15) is 0 Å². The van der Waals surface area contributed by atoms with Crippen LogP contribution in [0.15, 0.2) is 40.9 Å². The Hall–Kier alpha value is -2.83. The summed E-state index contributed by atoms with van der Waals surface area (Å²) in [5.41, 5.74) is -0.604. The first-order chi connectivity index (χ1) is 10.5.